The SMILES string of the molecule is COc1ccc(Cc2c(C)nc(N[C@H]3CCO[C@@H]3c3nccn3C)nc2C)cc1. The molecule has 0 spiro atoms. The maximum absolute atomic E-state index is 5.93. The van der Waals surface area contributed by atoms with E-state index in [9.17, 15) is 0 Å². The Morgan fingerprint density at radius 2 is 1.90 bits per heavy atom. The summed E-state index contributed by atoms with van der Waals surface area (Å²) in [6.45, 7) is 4.78. The van der Waals surface area contributed by atoms with E-state index in [1.54, 1.807) is 13.3 Å². The molecule has 1 aliphatic rings. The van der Waals surface area contributed by atoms with E-state index in [1.165, 1.54) is 5.56 Å². The van der Waals surface area contributed by atoms with E-state index in [-0.39, 0.29) is 12.1 Å². The molecule has 3 heterocycles. The van der Waals surface area contributed by atoms with Crippen LogP contribution in [0, 0.1) is 13.8 Å². The molecular weight excluding hydrogens is 366 g/mol. The minimum atomic E-state index is -0.0989. The van der Waals surface area contributed by atoms with Crippen molar-refractivity contribution in [1.29, 1.82) is 0 Å². The van der Waals surface area contributed by atoms with Crippen molar-refractivity contribution in [2.45, 2.75) is 38.8 Å². The molecule has 1 aromatic carbocycles. The van der Waals surface area contributed by atoms with Gasteiger partial charge in [-0.25, -0.2) is 15.0 Å². The van der Waals surface area contributed by atoms with Crippen molar-refractivity contribution < 1.29 is 9.47 Å². The van der Waals surface area contributed by atoms with Crippen LogP contribution < -0.4 is 10.1 Å². The summed E-state index contributed by atoms with van der Waals surface area (Å²) in [5.41, 5.74) is 4.34. The Kier molecular flexibility index (Phi) is 5.49. The number of benzene rings is 1. The number of imidazole rings is 1. The molecular formula is C22H27N5O2. The lowest BCUT2D eigenvalue weighted by Crippen LogP contribution is -2.26. The highest BCUT2D eigenvalue weighted by Crippen LogP contribution is 2.30. The molecule has 1 fully saturated rings. The quantitative estimate of drug-likeness (QED) is 0.692. The molecule has 7 heteroatoms. The summed E-state index contributed by atoms with van der Waals surface area (Å²) in [7, 11) is 3.66. The van der Waals surface area contributed by atoms with Gasteiger partial charge in [0.1, 0.15) is 17.7 Å². The fraction of sp³-hybridized carbons (Fsp3) is 0.409. The van der Waals surface area contributed by atoms with Crippen molar-refractivity contribution in [3.05, 3.63) is 65.0 Å². The van der Waals surface area contributed by atoms with Gasteiger partial charge >= 0.3 is 0 Å². The van der Waals surface area contributed by atoms with Gasteiger partial charge in [-0.3, -0.25) is 0 Å². The predicted molar refractivity (Wildman–Crippen MR) is 111 cm³/mol. The molecule has 2 aromatic heterocycles. The van der Waals surface area contributed by atoms with E-state index >= 15 is 0 Å². The van der Waals surface area contributed by atoms with E-state index < -0.39 is 0 Å². The molecule has 0 radical (unpaired) electrons. The zero-order valence-corrected chi connectivity index (χ0v) is 17.3. The van der Waals surface area contributed by atoms with Gasteiger partial charge in [0.05, 0.1) is 13.2 Å². The smallest absolute Gasteiger partial charge is 0.223 e. The second-order valence-corrected chi connectivity index (χ2v) is 7.45. The summed E-state index contributed by atoms with van der Waals surface area (Å²) < 4.78 is 13.2. The molecule has 0 saturated carbocycles. The largest absolute Gasteiger partial charge is 0.497 e. The Labute approximate surface area is 171 Å². The van der Waals surface area contributed by atoms with Gasteiger partial charge in [0.15, 0.2) is 0 Å². The van der Waals surface area contributed by atoms with Crippen LogP contribution in [0.4, 0.5) is 5.95 Å². The standard InChI is InChI=1S/C22H27N5O2/c1-14-18(13-16-5-7-17(28-4)8-6-16)15(2)25-22(24-14)26-19-9-12-29-20(19)21-23-10-11-27(21)3/h5-8,10-11,19-20H,9,12-13H2,1-4H3,(H,24,25,26)/t19-,20-/m0/s1. The Bertz CT molecular complexity index is 960. The summed E-state index contributed by atoms with van der Waals surface area (Å²) in [6, 6.07) is 8.22. The summed E-state index contributed by atoms with van der Waals surface area (Å²) in [4.78, 5) is 13.9. The molecule has 1 aliphatic heterocycles. The first-order valence-corrected chi connectivity index (χ1v) is 9.87. The maximum atomic E-state index is 5.93. The number of ether oxygens (including phenoxy) is 2. The normalized spacial score (nSPS) is 18.8. The Hall–Kier alpha value is -2.93. The first-order chi connectivity index (χ1) is 14.0. The molecule has 0 unspecified atom stereocenters. The van der Waals surface area contributed by atoms with Crippen LogP contribution in [0.2, 0.25) is 0 Å². The van der Waals surface area contributed by atoms with Crippen LogP contribution in [0.5, 0.6) is 5.75 Å². The number of aromatic nitrogens is 4. The van der Waals surface area contributed by atoms with Crippen molar-refractivity contribution >= 4 is 5.95 Å². The van der Waals surface area contributed by atoms with E-state index in [0.717, 1.165) is 41.4 Å². The highest BCUT2D eigenvalue weighted by atomic mass is 16.5. The maximum Gasteiger partial charge on any atom is 0.223 e. The first-order valence-electron chi connectivity index (χ1n) is 9.87. The van der Waals surface area contributed by atoms with Crippen LogP contribution in [0.15, 0.2) is 36.7 Å². The third-order valence-electron chi connectivity index (χ3n) is 5.48. The first kappa shape index (κ1) is 19.4. The second kappa shape index (κ2) is 8.21. The molecule has 0 aliphatic carbocycles. The minimum Gasteiger partial charge on any atom is -0.497 e. The number of nitrogens with zero attached hydrogens (tertiary/aromatic N) is 4. The van der Waals surface area contributed by atoms with E-state index in [4.69, 9.17) is 19.4 Å². The average Bonchev–Trinajstić information content (AvgIpc) is 3.33. The van der Waals surface area contributed by atoms with Crippen molar-refractivity contribution in [3.8, 4) is 5.75 Å². The van der Waals surface area contributed by atoms with Crippen molar-refractivity contribution in [2.75, 3.05) is 19.0 Å². The molecule has 29 heavy (non-hydrogen) atoms. The van der Waals surface area contributed by atoms with Gasteiger partial charge < -0.3 is 19.4 Å². The number of methoxy groups -OCH3 is 1. The molecule has 0 amide bonds. The minimum absolute atomic E-state index is 0.0989. The molecule has 1 N–H and O–H groups in total. The Morgan fingerprint density at radius 1 is 1.17 bits per heavy atom. The number of aryl methyl sites for hydroxylation is 3. The fourth-order valence-corrected chi connectivity index (χ4v) is 3.82. The predicted octanol–water partition coefficient (Wildman–Crippen LogP) is 3.37. The third kappa shape index (κ3) is 4.10. The number of rotatable bonds is 6. The fourth-order valence-electron chi connectivity index (χ4n) is 3.82. The second-order valence-electron chi connectivity index (χ2n) is 7.45. The molecule has 2 atom stereocenters. The summed E-state index contributed by atoms with van der Waals surface area (Å²) >= 11 is 0. The Balaban J connectivity index is 1.51. The number of nitrogens with one attached hydrogen (secondary N) is 1. The van der Waals surface area contributed by atoms with Gasteiger partial charge in [-0.05, 0) is 43.5 Å². The summed E-state index contributed by atoms with van der Waals surface area (Å²) in [5, 5.41) is 3.48. The lowest BCUT2D eigenvalue weighted by molar-refractivity contribution is 0.0982. The molecule has 0 bridgehead atoms. The van der Waals surface area contributed by atoms with Gasteiger partial charge in [-0.1, -0.05) is 12.1 Å². The van der Waals surface area contributed by atoms with Crippen molar-refractivity contribution in [3.63, 3.8) is 0 Å². The monoisotopic (exact) mass is 393 g/mol. The van der Waals surface area contributed by atoms with Gasteiger partial charge in [-0.2, -0.15) is 0 Å². The van der Waals surface area contributed by atoms with Gasteiger partial charge in [-0.15, -0.1) is 0 Å². The van der Waals surface area contributed by atoms with E-state index in [0.29, 0.717) is 12.6 Å². The highest BCUT2D eigenvalue weighted by Gasteiger charge is 2.33. The number of anilines is 1. The third-order valence-corrected chi connectivity index (χ3v) is 5.48. The summed E-state index contributed by atoms with van der Waals surface area (Å²) in [5.74, 6) is 2.43. The van der Waals surface area contributed by atoms with Crippen molar-refractivity contribution in [1.82, 2.24) is 19.5 Å². The van der Waals surface area contributed by atoms with Gasteiger partial charge in [0.2, 0.25) is 5.95 Å². The Morgan fingerprint density at radius 3 is 2.52 bits per heavy atom. The topological polar surface area (TPSA) is 74.1 Å². The molecule has 3 aromatic rings. The number of hydrogen-bond acceptors (Lipinski definition) is 6. The van der Waals surface area contributed by atoms with Crippen LogP contribution in [0.25, 0.3) is 0 Å². The average molecular weight is 393 g/mol. The number of hydrogen-bond donors (Lipinski definition) is 1. The van der Waals surface area contributed by atoms with E-state index in [2.05, 4.69) is 22.4 Å². The van der Waals surface area contributed by atoms with Crippen molar-refractivity contribution in [2.24, 2.45) is 7.05 Å². The lowest BCUT2D eigenvalue weighted by atomic mass is 10.0. The van der Waals surface area contributed by atoms with Crippen LogP contribution in [-0.4, -0.2) is 39.3 Å². The molecule has 4 rings (SSSR count). The molecule has 152 valence electrons. The van der Waals surface area contributed by atoms with Crippen LogP contribution in [0.1, 0.15) is 40.9 Å². The van der Waals surface area contributed by atoms with Gasteiger partial charge in [0, 0.05) is 43.9 Å². The molecule has 1 saturated heterocycles. The van der Waals surface area contributed by atoms with Crippen LogP contribution >= 0.6 is 0 Å². The summed E-state index contributed by atoms with van der Waals surface area (Å²) in [6.07, 6.45) is 5.33. The van der Waals surface area contributed by atoms with Gasteiger partial charge in [0.25, 0.3) is 0 Å². The zero-order valence-electron chi connectivity index (χ0n) is 17.3. The zero-order chi connectivity index (χ0) is 20.4. The lowest BCUT2D eigenvalue weighted by Gasteiger charge is -2.20. The molecule has 7 nitrogen and oxygen atoms in total. The highest BCUT2D eigenvalue weighted by molar-refractivity contribution is 5.39. The van der Waals surface area contributed by atoms with Crippen LogP contribution in [0.3, 0.4) is 0 Å². The van der Waals surface area contributed by atoms with Crippen LogP contribution in [-0.2, 0) is 18.2 Å². The van der Waals surface area contributed by atoms with E-state index in [1.807, 2.05) is 43.8 Å².